The normalized spacial score (nSPS) is 14.9. The van der Waals surface area contributed by atoms with Gasteiger partial charge in [0.25, 0.3) is 0 Å². The van der Waals surface area contributed by atoms with Gasteiger partial charge < -0.3 is 15.7 Å². The second-order valence-electron chi connectivity index (χ2n) is 5.68. The van der Waals surface area contributed by atoms with Gasteiger partial charge in [0.2, 0.25) is 0 Å². The lowest BCUT2D eigenvalue weighted by molar-refractivity contribution is -0.162. The highest BCUT2D eigenvalue weighted by Crippen LogP contribution is 2.33. The molecule has 1 atom stereocenters. The van der Waals surface area contributed by atoms with Gasteiger partial charge in [-0.25, -0.2) is 0 Å². The number of oxime groups is 1. The number of ether oxygens (including phenoxy) is 1. The standard InChI is InChI=1S/C14H19F3N2O2/c1-13(2,3)9-6-4-5-7-11(9)21-8-10(12(18)19-20)14(15,16)17/h4-7,10,20H,8H2,1-3H3,(H2,18,19). The van der Waals surface area contributed by atoms with Crippen molar-refractivity contribution in [3.05, 3.63) is 29.8 Å². The van der Waals surface area contributed by atoms with Crippen LogP contribution >= 0.6 is 0 Å². The summed E-state index contributed by atoms with van der Waals surface area (Å²) in [5, 5.41) is 10.9. The zero-order valence-electron chi connectivity index (χ0n) is 12.1. The third-order valence-corrected chi connectivity index (χ3v) is 2.97. The van der Waals surface area contributed by atoms with E-state index >= 15 is 0 Å². The second kappa shape index (κ2) is 6.24. The molecule has 0 aliphatic rings. The molecule has 0 saturated carbocycles. The minimum Gasteiger partial charge on any atom is -0.492 e. The lowest BCUT2D eigenvalue weighted by Crippen LogP contribution is -2.40. The molecule has 0 amide bonds. The summed E-state index contributed by atoms with van der Waals surface area (Å²) in [5.41, 5.74) is 5.60. The number of hydrogen-bond acceptors (Lipinski definition) is 3. The highest BCUT2D eigenvalue weighted by atomic mass is 19.4. The monoisotopic (exact) mass is 304 g/mol. The molecular formula is C14H19F3N2O2. The molecule has 4 nitrogen and oxygen atoms in total. The zero-order chi connectivity index (χ0) is 16.3. The summed E-state index contributed by atoms with van der Waals surface area (Å²) in [6.07, 6.45) is -4.65. The Morgan fingerprint density at radius 1 is 1.29 bits per heavy atom. The van der Waals surface area contributed by atoms with E-state index < -0.39 is 24.5 Å². The maximum absolute atomic E-state index is 12.8. The number of nitrogens with zero attached hydrogens (tertiary/aromatic N) is 1. The molecule has 1 rings (SSSR count). The predicted octanol–water partition coefficient (Wildman–Crippen LogP) is 3.29. The fourth-order valence-electron chi connectivity index (χ4n) is 1.80. The van der Waals surface area contributed by atoms with Crippen LogP contribution in [0, 0.1) is 5.92 Å². The first-order valence-electron chi connectivity index (χ1n) is 6.33. The number of hydrogen-bond donors (Lipinski definition) is 2. The van der Waals surface area contributed by atoms with E-state index in [9.17, 15) is 13.2 Å². The number of amidine groups is 1. The molecule has 7 heteroatoms. The minimum absolute atomic E-state index is 0.277. The fraction of sp³-hybridized carbons (Fsp3) is 0.500. The lowest BCUT2D eigenvalue weighted by Gasteiger charge is -2.24. The molecule has 0 spiro atoms. The van der Waals surface area contributed by atoms with Gasteiger partial charge in [-0.15, -0.1) is 0 Å². The molecule has 0 heterocycles. The lowest BCUT2D eigenvalue weighted by atomic mass is 9.86. The van der Waals surface area contributed by atoms with Gasteiger partial charge in [0.1, 0.15) is 18.3 Å². The van der Waals surface area contributed by atoms with Gasteiger partial charge in [-0.3, -0.25) is 0 Å². The van der Waals surface area contributed by atoms with Crippen LogP contribution in [0.2, 0.25) is 0 Å². The summed E-state index contributed by atoms with van der Waals surface area (Å²) in [6, 6.07) is 6.86. The average Bonchev–Trinajstić information content (AvgIpc) is 2.36. The quantitative estimate of drug-likeness (QED) is 0.388. The summed E-state index contributed by atoms with van der Waals surface area (Å²) >= 11 is 0. The van der Waals surface area contributed by atoms with Crippen LogP contribution in [0.15, 0.2) is 29.4 Å². The van der Waals surface area contributed by atoms with Crippen molar-refractivity contribution in [1.29, 1.82) is 0 Å². The van der Waals surface area contributed by atoms with Crippen LogP contribution in [0.4, 0.5) is 13.2 Å². The van der Waals surface area contributed by atoms with Crippen molar-refractivity contribution < 1.29 is 23.1 Å². The van der Waals surface area contributed by atoms with Crippen LogP contribution in [-0.2, 0) is 5.41 Å². The summed E-state index contributed by atoms with van der Waals surface area (Å²) < 4.78 is 43.8. The average molecular weight is 304 g/mol. The summed E-state index contributed by atoms with van der Waals surface area (Å²) in [4.78, 5) is 0. The second-order valence-corrected chi connectivity index (χ2v) is 5.68. The van der Waals surface area contributed by atoms with Gasteiger partial charge in [-0.1, -0.05) is 44.1 Å². The molecule has 1 unspecified atom stereocenters. The molecule has 0 saturated heterocycles. The van der Waals surface area contributed by atoms with E-state index in [0.717, 1.165) is 5.56 Å². The third kappa shape index (κ3) is 4.54. The van der Waals surface area contributed by atoms with Gasteiger partial charge in [-0.2, -0.15) is 13.2 Å². The van der Waals surface area contributed by atoms with E-state index in [1.54, 1.807) is 24.3 Å². The van der Waals surface area contributed by atoms with E-state index in [1.165, 1.54) is 0 Å². The molecule has 0 radical (unpaired) electrons. The smallest absolute Gasteiger partial charge is 0.402 e. The van der Waals surface area contributed by atoms with Crippen LogP contribution in [0.3, 0.4) is 0 Å². The number of nitrogens with two attached hydrogens (primary N) is 1. The largest absolute Gasteiger partial charge is 0.492 e. The van der Waals surface area contributed by atoms with Crippen molar-refractivity contribution in [2.45, 2.75) is 32.4 Å². The first-order chi connectivity index (χ1) is 9.57. The van der Waals surface area contributed by atoms with Crippen molar-refractivity contribution in [1.82, 2.24) is 0 Å². The molecule has 118 valence electrons. The zero-order valence-corrected chi connectivity index (χ0v) is 12.1. The first-order valence-corrected chi connectivity index (χ1v) is 6.33. The molecule has 0 bridgehead atoms. The number of alkyl halides is 3. The maximum Gasteiger partial charge on any atom is 0.402 e. The van der Waals surface area contributed by atoms with Crippen LogP contribution in [-0.4, -0.2) is 23.8 Å². The number of halogens is 3. The minimum atomic E-state index is -4.65. The molecule has 3 N–H and O–H groups in total. The summed E-state index contributed by atoms with van der Waals surface area (Å²) in [7, 11) is 0. The first kappa shape index (κ1) is 17.1. The third-order valence-electron chi connectivity index (χ3n) is 2.97. The van der Waals surface area contributed by atoms with Crippen molar-refractivity contribution >= 4 is 5.84 Å². The van der Waals surface area contributed by atoms with Crippen molar-refractivity contribution in [3.8, 4) is 5.75 Å². The van der Waals surface area contributed by atoms with E-state index in [4.69, 9.17) is 15.7 Å². The highest BCUT2D eigenvalue weighted by Gasteiger charge is 2.43. The van der Waals surface area contributed by atoms with Gasteiger partial charge >= 0.3 is 6.18 Å². The van der Waals surface area contributed by atoms with Crippen molar-refractivity contribution in [2.75, 3.05) is 6.61 Å². The van der Waals surface area contributed by atoms with Gasteiger partial charge in [0.15, 0.2) is 5.84 Å². The van der Waals surface area contributed by atoms with Crippen LogP contribution in [0.1, 0.15) is 26.3 Å². The van der Waals surface area contributed by atoms with Crippen molar-refractivity contribution in [2.24, 2.45) is 16.8 Å². The molecule has 0 aromatic heterocycles. The highest BCUT2D eigenvalue weighted by molar-refractivity contribution is 5.83. The molecule has 0 aliphatic carbocycles. The predicted molar refractivity (Wildman–Crippen MR) is 73.6 cm³/mol. The molecule has 21 heavy (non-hydrogen) atoms. The fourth-order valence-corrected chi connectivity index (χ4v) is 1.80. The molecule has 1 aromatic carbocycles. The Labute approximate surface area is 121 Å². The Balaban J connectivity index is 2.97. The number of para-hydroxylation sites is 1. The van der Waals surface area contributed by atoms with Crippen LogP contribution in [0.25, 0.3) is 0 Å². The van der Waals surface area contributed by atoms with Gasteiger partial charge in [0, 0.05) is 0 Å². The van der Waals surface area contributed by atoms with Gasteiger partial charge in [-0.05, 0) is 17.0 Å². The van der Waals surface area contributed by atoms with Crippen LogP contribution in [0.5, 0.6) is 5.75 Å². The Hall–Kier alpha value is -1.92. The van der Waals surface area contributed by atoms with E-state index in [0.29, 0.717) is 5.75 Å². The Kier molecular flexibility index (Phi) is 5.09. The molecule has 0 aliphatic heterocycles. The van der Waals surface area contributed by atoms with Gasteiger partial charge in [0.05, 0.1) is 0 Å². The summed E-state index contributed by atoms with van der Waals surface area (Å²) in [6.45, 7) is 5.05. The maximum atomic E-state index is 12.8. The molecule has 0 fully saturated rings. The number of benzene rings is 1. The van der Waals surface area contributed by atoms with E-state index in [1.807, 2.05) is 20.8 Å². The number of rotatable bonds is 4. The summed E-state index contributed by atoms with van der Waals surface area (Å²) in [5.74, 6) is -2.73. The molecular weight excluding hydrogens is 285 g/mol. The topological polar surface area (TPSA) is 67.8 Å². The molecule has 1 aromatic rings. The Morgan fingerprint density at radius 2 is 1.86 bits per heavy atom. The Morgan fingerprint density at radius 3 is 2.33 bits per heavy atom. The van der Waals surface area contributed by atoms with E-state index in [-0.39, 0.29) is 5.41 Å². The van der Waals surface area contributed by atoms with Crippen molar-refractivity contribution in [3.63, 3.8) is 0 Å². The SMILES string of the molecule is CC(C)(C)c1ccccc1OCC(/C(N)=N/O)C(F)(F)F. The van der Waals surface area contributed by atoms with E-state index in [2.05, 4.69) is 5.16 Å². The Bertz CT molecular complexity index is 508. The van der Waals surface area contributed by atoms with Crippen LogP contribution < -0.4 is 10.5 Å².